The van der Waals surface area contributed by atoms with Crippen molar-refractivity contribution in [2.75, 3.05) is 13.9 Å². The van der Waals surface area contributed by atoms with Crippen molar-refractivity contribution >= 4 is 5.78 Å². The minimum Gasteiger partial charge on any atom is -0.496 e. The maximum absolute atomic E-state index is 13.6. The topological polar surface area (TPSA) is 44.8 Å². The van der Waals surface area contributed by atoms with E-state index in [2.05, 4.69) is 0 Å². The third-order valence-corrected chi connectivity index (χ3v) is 6.10. The van der Waals surface area contributed by atoms with Gasteiger partial charge in [-0.25, -0.2) is 0 Å². The van der Waals surface area contributed by atoms with Crippen LogP contribution >= 0.6 is 0 Å². The van der Waals surface area contributed by atoms with Crippen molar-refractivity contribution in [3.05, 3.63) is 77.9 Å². The summed E-state index contributed by atoms with van der Waals surface area (Å²) in [4.78, 5) is 12.2. The molecule has 3 aromatic rings. The SMILES string of the molecule is C.COc1ccccc1-c1ccc(CC(=O)C2(C)CC2)cc1C(F)(F)F.c1ccc2c(c1)OCO2. The lowest BCUT2D eigenvalue weighted by molar-refractivity contribution is -0.137. The van der Waals surface area contributed by atoms with Crippen molar-refractivity contribution in [1.82, 2.24) is 0 Å². The van der Waals surface area contributed by atoms with Gasteiger partial charge >= 0.3 is 6.18 Å². The zero-order chi connectivity index (χ0) is 24.3. The maximum atomic E-state index is 13.6. The predicted octanol–water partition coefficient (Wildman–Crippen LogP) is 7.34. The summed E-state index contributed by atoms with van der Waals surface area (Å²) in [5.41, 5.74) is -0.268. The van der Waals surface area contributed by atoms with Crippen molar-refractivity contribution in [2.24, 2.45) is 5.41 Å². The van der Waals surface area contributed by atoms with Gasteiger partial charge in [0.2, 0.25) is 6.79 Å². The number of hydrogen-bond acceptors (Lipinski definition) is 4. The lowest BCUT2D eigenvalue weighted by Gasteiger charge is -2.17. The number of para-hydroxylation sites is 3. The van der Waals surface area contributed by atoms with E-state index in [4.69, 9.17) is 14.2 Å². The van der Waals surface area contributed by atoms with Gasteiger partial charge in [-0.2, -0.15) is 13.2 Å². The molecule has 0 amide bonds. The fourth-order valence-corrected chi connectivity index (χ4v) is 3.75. The second-order valence-corrected chi connectivity index (χ2v) is 8.59. The van der Waals surface area contributed by atoms with Crippen LogP contribution < -0.4 is 14.2 Å². The zero-order valence-corrected chi connectivity index (χ0v) is 18.9. The highest BCUT2D eigenvalue weighted by Gasteiger charge is 2.44. The number of methoxy groups -OCH3 is 1. The second kappa shape index (κ2) is 10.4. The lowest BCUT2D eigenvalue weighted by atomic mass is 9.92. The van der Waals surface area contributed by atoms with E-state index < -0.39 is 11.7 Å². The number of Topliss-reactive ketones (excluding diaryl/α,β-unsaturated/α-hetero) is 1. The van der Waals surface area contributed by atoms with Gasteiger partial charge in [0.15, 0.2) is 11.5 Å². The Morgan fingerprint density at radius 2 is 1.54 bits per heavy atom. The van der Waals surface area contributed by atoms with Gasteiger partial charge in [0, 0.05) is 17.4 Å². The minimum atomic E-state index is -4.52. The quantitative estimate of drug-likeness (QED) is 0.378. The molecule has 0 spiro atoms. The van der Waals surface area contributed by atoms with Crippen molar-refractivity contribution in [2.45, 2.75) is 39.8 Å². The van der Waals surface area contributed by atoms with Crippen LogP contribution in [-0.4, -0.2) is 19.7 Å². The first-order valence-corrected chi connectivity index (χ1v) is 10.9. The van der Waals surface area contributed by atoms with Crippen molar-refractivity contribution < 1.29 is 32.2 Å². The highest BCUT2D eigenvalue weighted by molar-refractivity contribution is 5.89. The molecule has 1 aliphatic heterocycles. The summed E-state index contributed by atoms with van der Waals surface area (Å²) in [7, 11) is 1.43. The molecule has 0 saturated heterocycles. The van der Waals surface area contributed by atoms with Crippen LogP contribution in [0.15, 0.2) is 66.7 Å². The Bertz CT molecular complexity index is 1160. The number of carbonyl (C=O) groups excluding carboxylic acids is 1. The van der Waals surface area contributed by atoms with Crippen molar-refractivity contribution in [3.63, 3.8) is 0 Å². The molecule has 7 heteroatoms. The van der Waals surface area contributed by atoms with Gasteiger partial charge in [0.25, 0.3) is 0 Å². The van der Waals surface area contributed by atoms with E-state index in [0.29, 0.717) is 23.7 Å². The zero-order valence-electron chi connectivity index (χ0n) is 18.9. The summed E-state index contributed by atoms with van der Waals surface area (Å²) in [5, 5.41) is 0. The first-order valence-electron chi connectivity index (χ1n) is 10.9. The van der Waals surface area contributed by atoms with Crippen LogP contribution in [0.5, 0.6) is 17.2 Å². The van der Waals surface area contributed by atoms with Gasteiger partial charge in [-0.1, -0.05) is 56.8 Å². The van der Waals surface area contributed by atoms with Crippen LogP contribution in [0, 0.1) is 5.41 Å². The summed E-state index contributed by atoms with van der Waals surface area (Å²) in [6.07, 6.45) is -2.85. The van der Waals surface area contributed by atoms with E-state index in [0.717, 1.165) is 30.4 Å². The Labute approximate surface area is 203 Å². The Kier molecular flexibility index (Phi) is 7.78. The summed E-state index contributed by atoms with van der Waals surface area (Å²) in [6, 6.07) is 18.3. The molecule has 5 rings (SSSR count). The molecule has 186 valence electrons. The number of rotatable bonds is 5. The summed E-state index contributed by atoms with van der Waals surface area (Å²) >= 11 is 0. The molecule has 3 aromatic carbocycles. The summed E-state index contributed by atoms with van der Waals surface area (Å²) < 4.78 is 56.2. The van der Waals surface area contributed by atoms with Crippen LogP contribution in [-0.2, 0) is 17.4 Å². The van der Waals surface area contributed by atoms with E-state index in [-0.39, 0.29) is 30.6 Å². The summed E-state index contributed by atoms with van der Waals surface area (Å²) in [6.45, 7) is 2.22. The molecular formula is C28H29F3O4. The normalized spacial score (nSPS) is 14.8. The van der Waals surface area contributed by atoms with Crippen molar-refractivity contribution in [1.29, 1.82) is 0 Å². The average molecular weight is 487 g/mol. The molecule has 1 heterocycles. The number of alkyl halides is 3. The monoisotopic (exact) mass is 486 g/mol. The van der Waals surface area contributed by atoms with Crippen LogP contribution in [0.1, 0.15) is 38.3 Å². The number of halogens is 3. The largest absolute Gasteiger partial charge is 0.496 e. The molecule has 0 aromatic heterocycles. The van der Waals surface area contributed by atoms with E-state index in [1.807, 2.05) is 31.2 Å². The van der Waals surface area contributed by atoms with Crippen LogP contribution in [0.25, 0.3) is 11.1 Å². The molecule has 1 fully saturated rings. The number of carbonyl (C=O) groups is 1. The molecule has 0 radical (unpaired) electrons. The fraction of sp³-hybridized carbons (Fsp3) is 0.321. The highest BCUT2D eigenvalue weighted by Crippen LogP contribution is 2.47. The lowest BCUT2D eigenvalue weighted by Crippen LogP contribution is -2.15. The standard InChI is InChI=1S/C20H19F3O2.C7H6O2.CH4/c1-19(9-10-19)18(24)12-13-7-8-14(16(11-13)20(21,22)23)15-5-3-4-6-17(15)25-2;1-2-4-7-6(3-1)8-5-9-7;/h3-8,11H,9-10,12H2,1-2H3;1-4H,5H2;1H4. The van der Waals surface area contributed by atoms with E-state index in [1.165, 1.54) is 13.2 Å². The third-order valence-electron chi connectivity index (χ3n) is 6.10. The first kappa shape index (κ1) is 26.1. The minimum absolute atomic E-state index is 0. The number of benzene rings is 3. The number of ketones is 1. The number of hydrogen-bond donors (Lipinski definition) is 0. The molecule has 4 nitrogen and oxygen atoms in total. The Morgan fingerprint density at radius 3 is 2.11 bits per heavy atom. The van der Waals surface area contributed by atoms with Crippen LogP contribution in [0.2, 0.25) is 0 Å². The molecule has 0 N–H and O–H groups in total. The highest BCUT2D eigenvalue weighted by atomic mass is 19.4. The second-order valence-electron chi connectivity index (χ2n) is 8.59. The molecule has 0 bridgehead atoms. The molecule has 1 saturated carbocycles. The van der Waals surface area contributed by atoms with Gasteiger partial charge in [0.05, 0.1) is 12.7 Å². The molecular weight excluding hydrogens is 457 g/mol. The maximum Gasteiger partial charge on any atom is 0.417 e. The van der Waals surface area contributed by atoms with Crippen molar-refractivity contribution in [3.8, 4) is 28.4 Å². The Morgan fingerprint density at radius 1 is 0.943 bits per heavy atom. The van der Waals surface area contributed by atoms with Gasteiger partial charge in [-0.3, -0.25) is 4.79 Å². The number of fused-ring (bicyclic) bond motifs is 1. The molecule has 1 aliphatic carbocycles. The van der Waals surface area contributed by atoms with Gasteiger partial charge in [0.1, 0.15) is 11.5 Å². The molecule has 35 heavy (non-hydrogen) atoms. The molecule has 0 atom stereocenters. The van der Waals surface area contributed by atoms with Gasteiger partial charge in [-0.05, 0) is 48.2 Å². The van der Waals surface area contributed by atoms with Crippen LogP contribution in [0.4, 0.5) is 13.2 Å². The van der Waals surface area contributed by atoms with E-state index >= 15 is 0 Å². The van der Waals surface area contributed by atoms with E-state index in [9.17, 15) is 18.0 Å². The predicted molar refractivity (Wildman–Crippen MR) is 129 cm³/mol. The van der Waals surface area contributed by atoms with Crippen LogP contribution in [0.3, 0.4) is 0 Å². The smallest absolute Gasteiger partial charge is 0.417 e. The summed E-state index contributed by atoms with van der Waals surface area (Å²) in [5.74, 6) is 2.07. The molecule has 0 unspecified atom stereocenters. The molecule has 2 aliphatic rings. The van der Waals surface area contributed by atoms with Gasteiger partial charge < -0.3 is 14.2 Å². The number of ether oxygens (including phenoxy) is 3. The van der Waals surface area contributed by atoms with E-state index in [1.54, 1.807) is 30.3 Å². The fourth-order valence-electron chi connectivity index (χ4n) is 3.75. The third kappa shape index (κ3) is 5.96. The van der Waals surface area contributed by atoms with Gasteiger partial charge in [-0.15, -0.1) is 0 Å². The first-order chi connectivity index (χ1) is 16.2. The Hall–Kier alpha value is -3.48. The average Bonchev–Trinajstić information content (AvgIpc) is 3.40. The Balaban J connectivity index is 0.000000285.